The molecule has 2 amide bonds. The summed E-state index contributed by atoms with van der Waals surface area (Å²) < 4.78 is 23.5. The monoisotopic (exact) mass is 393 g/mol. The third kappa shape index (κ3) is 4.32. The van der Waals surface area contributed by atoms with Crippen LogP contribution in [0.1, 0.15) is 26.5 Å². The van der Waals surface area contributed by atoms with Crippen LogP contribution in [0.25, 0.3) is 0 Å². The van der Waals surface area contributed by atoms with Gasteiger partial charge in [-0.2, -0.15) is 0 Å². The molecule has 4 rings (SSSR count). The molecule has 1 aliphatic heterocycles. The smallest absolute Gasteiger partial charge is 0.274 e. The van der Waals surface area contributed by atoms with E-state index >= 15 is 0 Å². The lowest BCUT2D eigenvalue weighted by atomic mass is 10.2. The van der Waals surface area contributed by atoms with Crippen molar-refractivity contribution < 1.29 is 23.5 Å². The highest BCUT2D eigenvalue weighted by Crippen LogP contribution is 2.32. The Bertz CT molecular complexity index is 1070. The lowest BCUT2D eigenvalue weighted by molar-refractivity contribution is 0.0945. The van der Waals surface area contributed by atoms with Gasteiger partial charge < -0.3 is 20.1 Å². The Labute approximate surface area is 165 Å². The summed E-state index contributed by atoms with van der Waals surface area (Å²) >= 11 is 0. The fourth-order valence-electron chi connectivity index (χ4n) is 2.74. The summed E-state index contributed by atoms with van der Waals surface area (Å²) in [5, 5.41) is 5.37. The Hall–Kier alpha value is -3.94. The fourth-order valence-corrected chi connectivity index (χ4v) is 2.74. The molecule has 0 saturated heterocycles. The minimum atomic E-state index is -0.498. The van der Waals surface area contributed by atoms with Crippen LogP contribution in [0.5, 0.6) is 11.5 Å². The van der Waals surface area contributed by atoms with E-state index in [-0.39, 0.29) is 24.7 Å². The predicted molar refractivity (Wildman–Crippen MR) is 102 cm³/mol. The van der Waals surface area contributed by atoms with Crippen LogP contribution in [0.3, 0.4) is 0 Å². The zero-order valence-electron chi connectivity index (χ0n) is 15.1. The predicted octanol–water partition coefficient (Wildman–Crippen LogP) is 3.13. The number of nitrogens with zero attached hydrogens (tertiary/aromatic N) is 1. The number of amides is 2. The number of carbonyl (C=O) groups is 2. The van der Waals surface area contributed by atoms with Gasteiger partial charge in [0.2, 0.25) is 6.79 Å². The number of pyridine rings is 1. The number of nitrogens with one attached hydrogen (secondary N) is 2. The Morgan fingerprint density at radius 2 is 1.66 bits per heavy atom. The number of aromatic nitrogens is 1. The van der Waals surface area contributed by atoms with Crippen molar-refractivity contribution in [3.05, 3.63) is 83.4 Å². The molecule has 0 bridgehead atoms. The zero-order valence-corrected chi connectivity index (χ0v) is 15.1. The molecule has 0 fully saturated rings. The van der Waals surface area contributed by atoms with Crippen LogP contribution in [-0.4, -0.2) is 23.6 Å². The number of halogens is 1. The molecular weight excluding hydrogens is 377 g/mol. The molecule has 0 atom stereocenters. The lowest BCUT2D eigenvalue weighted by Gasteiger charge is -2.08. The van der Waals surface area contributed by atoms with Gasteiger partial charge in [-0.3, -0.25) is 9.59 Å². The van der Waals surface area contributed by atoms with Gasteiger partial charge in [0.25, 0.3) is 11.8 Å². The molecule has 3 aromatic rings. The molecule has 8 heteroatoms. The van der Waals surface area contributed by atoms with Crippen molar-refractivity contribution in [2.75, 3.05) is 12.1 Å². The number of ether oxygens (including phenoxy) is 2. The van der Waals surface area contributed by atoms with Crippen molar-refractivity contribution in [2.24, 2.45) is 0 Å². The molecule has 0 radical (unpaired) electrons. The lowest BCUT2D eigenvalue weighted by Crippen LogP contribution is -2.25. The van der Waals surface area contributed by atoms with E-state index in [1.165, 1.54) is 36.4 Å². The Kier molecular flexibility index (Phi) is 5.07. The van der Waals surface area contributed by atoms with Gasteiger partial charge in [0.15, 0.2) is 11.5 Å². The average Bonchev–Trinajstić information content (AvgIpc) is 3.21. The van der Waals surface area contributed by atoms with Crippen LogP contribution < -0.4 is 20.1 Å². The molecule has 146 valence electrons. The van der Waals surface area contributed by atoms with Crippen molar-refractivity contribution in [1.82, 2.24) is 10.3 Å². The van der Waals surface area contributed by atoms with E-state index in [0.29, 0.717) is 17.2 Å². The quantitative estimate of drug-likeness (QED) is 0.695. The number of hydrogen-bond acceptors (Lipinski definition) is 5. The largest absolute Gasteiger partial charge is 0.454 e. The van der Waals surface area contributed by atoms with Gasteiger partial charge in [0, 0.05) is 12.2 Å². The zero-order chi connectivity index (χ0) is 20.2. The van der Waals surface area contributed by atoms with Crippen LogP contribution in [0.2, 0.25) is 0 Å². The topological polar surface area (TPSA) is 89.5 Å². The molecular formula is C21H16FN3O4. The second-order valence-corrected chi connectivity index (χ2v) is 6.24. The van der Waals surface area contributed by atoms with E-state index in [2.05, 4.69) is 15.6 Å². The highest BCUT2D eigenvalue weighted by Gasteiger charge is 2.15. The van der Waals surface area contributed by atoms with E-state index in [9.17, 15) is 14.0 Å². The van der Waals surface area contributed by atoms with Crippen LogP contribution in [0.15, 0.2) is 60.7 Å². The van der Waals surface area contributed by atoms with Crippen LogP contribution in [0.4, 0.5) is 10.1 Å². The average molecular weight is 393 g/mol. The normalized spacial score (nSPS) is 11.8. The first kappa shape index (κ1) is 18.4. The van der Waals surface area contributed by atoms with Crippen LogP contribution >= 0.6 is 0 Å². The van der Waals surface area contributed by atoms with Crippen LogP contribution in [-0.2, 0) is 6.54 Å². The number of carbonyl (C=O) groups excluding carboxylic acids is 2. The maximum atomic E-state index is 13.0. The minimum Gasteiger partial charge on any atom is -0.454 e. The number of rotatable bonds is 5. The van der Waals surface area contributed by atoms with Crippen molar-refractivity contribution >= 4 is 17.5 Å². The number of fused-ring (bicyclic) bond motifs is 1. The second-order valence-electron chi connectivity index (χ2n) is 6.24. The maximum absolute atomic E-state index is 13.0. The summed E-state index contributed by atoms with van der Waals surface area (Å²) in [5.41, 5.74) is 1.45. The summed E-state index contributed by atoms with van der Waals surface area (Å²) in [6, 6.07) is 15.3. The van der Waals surface area contributed by atoms with E-state index in [1.807, 2.05) is 6.07 Å². The maximum Gasteiger partial charge on any atom is 0.274 e. The summed E-state index contributed by atoms with van der Waals surface area (Å²) in [6.45, 7) is 0.449. The second kappa shape index (κ2) is 7.97. The van der Waals surface area contributed by atoms with Crippen molar-refractivity contribution in [1.29, 1.82) is 0 Å². The van der Waals surface area contributed by atoms with Gasteiger partial charge in [-0.05, 0) is 54.1 Å². The van der Waals surface area contributed by atoms with Gasteiger partial charge in [0.05, 0.1) is 0 Å². The fraction of sp³-hybridized carbons (Fsp3) is 0.0952. The first-order valence-electron chi connectivity index (χ1n) is 8.79. The number of hydrogen-bond donors (Lipinski definition) is 2. The third-order valence-electron chi connectivity index (χ3n) is 4.21. The Morgan fingerprint density at radius 1 is 0.931 bits per heavy atom. The van der Waals surface area contributed by atoms with Gasteiger partial charge in [-0.15, -0.1) is 0 Å². The summed E-state index contributed by atoms with van der Waals surface area (Å²) in [7, 11) is 0. The van der Waals surface area contributed by atoms with E-state index < -0.39 is 17.6 Å². The van der Waals surface area contributed by atoms with Gasteiger partial charge in [-0.1, -0.05) is 12.1 Å². The molecule has 0 unspecified atom stereocenters. The van der Waals surface area contributed by atoms with Gasteiger partial charge in [-0.25, -0.2) is 9.37 Å². The molecule has 1 aromatic heterocycles. The molecule has 2 aromatic carbocycles. The van der Waals surface area contributed by atoms with Crippen LogP contribution in [0, 0.1) is 5.82 Å². The van der Waals surface area contributed by atoms with E-state index in [1.54, 1.807) is 18.2 Å². The first-order chi connectivity index (χ1) is 14.1. The molecule has 0 spiro atoms. The molecule has 2 heterocycles. The van der Waals surface area contributed by atoms with Gasteiger partial charge in [0.1, 0.15) is 17.2 Å². The van der Waals surface area contributed by atoms with E-state index in [4.69, 9.17) is 9.47 Å². The first-order valence-corrected chi connectivity index (χ1v) is 8.79. The van der Waals surface area contributed by atoms with Crippen molar-refractivity contribution in [3.8, 4) is 11.5 Å². The molecule has 2 N–H and O–H groups in total. The third-order valence-corrected chi connectivity index (χ3v) is 4.21. The SMILES string of the molecule is O=C(NCc1ccc2c(c1)OCO2)c1cccc(C(=O)Nc2ccc(F)cc2)n1. The molecule has 29 heavy (non-hydrogen) atoms. The minimum absolute atomic E-state index is 0.0741. The summed E-state index contributed by atoms with van der Waals surface area (Å²) in [6.07, 6.45) is 0. The Balaban J connectivity index is 1.40. The van der Waals surface area contributed by atoms with Crippen molar-refractivity contribution in [3.63, 3.8) is 0 Å². The highest BCUT2D eigenvalue weighted by atomic mass is 19.1. The standard InChI is InChI=1S/C21H16FN3O4/c22-14-5-7-15(8-6-14)24-21(27)17-3-1-2-16(25-17)20(26)23-11-13-4-9-18-19(10-13)29-12-28-18/h1-10H,11-12H2,(H,23,26)(H,24,27). The molecule has 7 nitrogen and oxygen atoms in total. The molecule has 0 aliphatic carbocycles. The van der Waals surface area contributed by atoms with Gasteiger partial charge >= 0.3 is 0 Å². The Morgan fingerprint density at radius 3 is 2.45 bits per heavy atom. The van der Waals surface area contributed by atoms with Crippen molar-refractivity contribution in [2.45, 2.75) is 6.54 Å². The molecule has 0 saturated carbocycles. The number of anilines is 1. The van der Waals surface area contributed by atoms with E-state index in [0.717, 1.165) is 5.56 Å². The summed E-state index contributed by atoms with van der Waals surface area (Å²) in [4.78, 5) is 28.9. The molecule has 1 aliphatic rings. The summed E-state index contributed by atoms with van der Waals surface area (Å²) in [5.74, 6) is -0.0145. The number of benzene rings is 2. The highest BCUT2D eigenvalue weighted by molar-refractivity contribution is 6.03.